The van der Waals surface area contributed by atoms with E-state index in [-0.39, 0.29) is 11.9 Å². The second-order valence-corrected chi connectivity index (χ2v) is 10.4. The number of rotatable bonds is 4. The molecule has 0 radical (unpaired) electrons. The van der Waals surface area contributed by atoms with Gasteiger partial charge in [0.25, 0.3) is 5.91 Å². The Morgan fingerprint density at radius 1 is 0.944 bits per heavy atom. The first kappa shape index (κ1) is 23.3. The number of aryl methyl sites for hydroxylation is 1. The zero-order chi connectivity index (χ0) is 24.8. The third-order valence-electron chi connectivity index (χ3n) is 7.08. The molecule has 6 rings (SSSR count). The Kier molecular flexibility index (Phi) is 6.10. The summed E-state index contributed by atoms with van der Waals surface area (Å²) in [5.41, 5.74) is 12.1. The van der Waals surface area contributed by atoms with Gasteiger partial charge >= 0.3 is 0 Å². The average Bonchev–Trinajstić information content (AvgIpc) is 3.30. The van der Waals surface area contributed by atoms with Crippen molar-refractivity contribution in [3.63, 3.8) is 0 Å². The summed E-state index contributed by atoms with van der Waals surface area (Å²) in [6, 6.07) is 26.1. The van der Waals surface area contributed by atoms with Crippen LogP contribution in [0.25, 0.3) is 10.8 Å². The topological polar surface area (TPSA) is 47.6 Å². The van der Waals surface area contributed by atoms with Crippen molar-refractivity contribution in [2.24, 2.45) is 0 Å². The first-order chi connectivity index (χ1) is 17.5. The molecule has 1 saturated heterocycles. The van der Waals surface area contributed by atoms with Crippen molar-refractivity contribution >= 4 is 45.6 Å². The van der Waals surface area contributed by atoms with Gasteiger partial charge in [0.2, 0.25) is 0 Å². The van der Waals surface area contributed by atoms with Crippen LogP contribution in [-0.4, -0.2) is 17.0 Å². The number of carbonyl (C=O) groups excluding carboxylic acids is 1. The molecule has 7 heteroatoms. The zero-order valence-corrected chi connectivity index (χ0v) is 21.4. The molecule has 0 aromatic heterocycles. The highest BCUT2D eigenvalue weighted by atomic mass is 35.5. The molecule has 36 heavy (non-hydrogen) atoms. The minimum atomic E-state index is -0.420. The Morgan fingerprint density at radius 3 is 2.31 bits per heavy atom. The number of nitrogens with zero attached hydrogens (tertiary/aromatic N) is 2. The molecular formula is C29H26Cl2N4O. The molecule has 0 bridgehead atoms. The fourth-order valence-electron chi connectivity index (χ4n) is 5.34. The van der Waals surface area contributed by atoms with Crippen LogP contribution in [0.5, 0.6) is 0 Å². The lowest BCUT2D eigenvalue weighted by Gasteiger charge is -2.30. The molecule has 2 aliphatic rings. The Balaban J connectivity index is 1.25. The molecule has 182 valence electrons. The summed E-state index contributed by atoms with van der Waals surface area (Å²) in [5, 5.41) is 7.65. The molecular weight excluding hydrogens is 491 g/mol. The summed E-state index contributed by atoms with van der Waals surface area (Å²) in [7, 11) is 0. The van der Waals surface area contributed by atoms with Crippen molar-refractivity contribution in [1.29, 1.82) is 0 Å². The van der Waals surface area contributed by atoms with Crippen LogP contribution in [-0.2, 0) is 17.9 Å². The largest absolute Gasteiger partial charge is 0.299 e. The van der Waals surface area contributed by atoms with Gasteiger partial charge in [-0.25, -0.2) is 10.4 Å². The molecule has 0 saturated carbocycles. The van der Waals surface area contributed by atoms with Crippen LogP contribution in [0.1, 0.15) is 34.7 Å². The van der Waals surface area contributed by atoms with E-state index < -0.39 is 6.04 Å². The molecule has 1 amide bonds. The SMILES string of the molecule is Cc1ccc(C2CC(C(=O)NN3Cc4cccc5cccc(c45)C3)NN2c2ccc(Cl)cc2Cl)cc1. The second-order valence-electron chi connectivity index (χ2n) is 9.57. The van der Waals surface area contributed by atoms with Gasteiger partial charge < -0.3 is 0 Å². The van der Waals surface area contributed by atoms with E-state index in [1.807, 2.05) is 22.2 Å². The van der Waals surface area contributed by atoms with Crippen molar-refractivity contribution in [3.8, 4) is 0 Å². The Labute approximate surface area is 220 Å². The first-order valence-corrected chi connectivity index (χ1v) is 12.8. The van der Waals surface area contributed by atoms with E-state index in [1.54, 1.807) is 6.07 Å². The number of hydrazine groups is 2. The molecule has 2 aliphatic heterocycles. The molecule has 2 unspecified atom stereocenters. The predicted molar refractivity (Wildman–Crippen MR) is 146 cm³/mol. The summed E-state index contributed by atoms with van der Waals surface area (Å²) in [4.78, 5) is 13.5. The highest BCUT2D eigenvalue weighted by Gasteiger charge is 2.38. The zero-order valence-electron chi connectivity index (χ0n) is 19.8. The number of halogens is 2. The molecule has 4 aromatic rings. The summed E-state index contributed by atoms with van der Waals surface area (Å²) < 4.78 is 0. The normalized spacial score (nSPS) is 19.6. The Hall–Kier alpha value is -3.09. The van der Waals surface area contributed by atoms with Gasteiger partial charge in [0.15, 0.2) is 0 Å². The number of amides is 1. The molecule has 2 N–H and O–H groups in total. The maximum absolute atomic E-state index is 13.5. The lowest BCUT2D eigenvalue weighted by Crippen LogP contribution is -2.51. The van der Waals surface area contributed by atoms with Gasteiger partial charge in [0, 0.05) is 18.1 Å². The highest BCUT2D eigenvalue weighted by molar-refractivity contribution is 6.36. The second kappa shape index (κ2) is 9.41. The smallest absolute Gasteiger partial charge is 0.253 e. The van der Waals surface area contributed by atoms with E-state index >= 15 is 0 Å². The summed E-state index contributed by atoms with van der Waals surface area (Å²) >= 11 is 12.7. The van der Waals surface area contributed by atoms with Gasteiger partial charge in [-0.05, 0) is 59.0 Å². The van der Waals surface area contributed by atoms with Crippen LogP contribution in [0.2, 0.25) is 10.0 Å². The van der Waals surface area contributed by atoms with Crippen LogP contribution >= 0.6 is 23.2 Å². The summed E-state index contributed by atoms with van der Waals surface area (Å²) in [6.45, 7) is 3.40. The minimum Gasteiger partial charge on any atom is -0.299 e. The van der Waals surface area contributed by atoms with E-state index in [0.717, 1.165) is 11.3 Å². The standard InChI is InChI=1S/C29H26Cl2N4O/c1-18-8-10-19(11-9-18)27-15-25(32-35(27)26-13-12-23(30)14-24(26)31)29(36)33-34-16-21-6-2-4-20-5-3-7-22(17-34)28(20)21/h2-14,25,27,32H,15-17H2,1H3,(H,33,36). The number of hydrogen-bond donors (Lipinski definition) is 2. The van der Waals surface area contributed by atoms with Crippen LogP contribution in [0, 0.1) is 6.92 Å². The third kappa shape index (κ3) is 4.33. The number of nitrogens with one attached hydrogen (secondary N) is 2. The van der Waals surface area contributed by atoms with Gasteiger partial charge in [-0.15, -0.1) is 0 Å². The number of hydrogen-bond acceptors (Lipinski definition) is 4. The van der Waals surface area contributed by atoms with Gasteiger partial charge in [-0.2, -0.15) is 0 Å². The number of anilines is 1. The predicted octanol–water partition coefficient (Wildman–Crippen LogP) is 6.33. The Morgan fingerprint density at radius 2 is 1.64 bits per heavy atom. The van der Waals surface area contributed by atoms with Crippen molar-refractivity contribution in [2.75, 3.05) is 5.01 Å². The molecule has 2 atom stereocenters. The van der Waals surface area contributed by atoms with Gasteiger partial charge in [-0.3, -0.25) is 15.2 Å². The average molecular weight is 517 g/mol. The van der Waals surface area contributed by atoms with E-state index in [0.29, 0.717) is 29.6 Å². The van der Waals surface area contributed by atoms with Crippen molar-refractivity contribution in [2.45, 2.75) is 38.5 Å². The van der Waals surface area contributed by atoms with Crippen molar-refractivity contribution in [3.05, 3.63) is 111 Å². The van der Waals surface area contributed by atoms with E-state index in [9.17, 15) is 4.79 Å². The monoisotopic (exact) mass is 516 g/mol. The van der Waals surface area contributed by atoms with E-state index in [4.69, 9.17) is 23.2 Å². The van der Waals surface area contributed by atoms with Gasteiger partial charge in [-0.1, -0.05) is 89.4 Å². The lowest BCUT2D eigenvalue weighted by molar-refractivity contribution is -0.128. The molecule has 1 fully saturated rings. The highest BCUT2D eigenvalue weighted by Crippen LogP contribution is 2.39. The fraction of sp³-hybridized carbons (Fsp3) is 0.207. The first-order valence-electron chi connectivity index (χ1n) is 12.1. The molecule has 2 heterocycles. The van der Waals surface area contributed by atoms with Crippen LogP contribution in [0.3, 0.4) is 0 Å². The maximum Gasteiger partial charge on any atom is 0.253 e. The van der Waals surface area contributed by atoms with Crippen LogP contribution < -0.4 is 15.9 Å². The maximum atomic E-state index is 13.5. The van der Waals surface area contributed by atoms with Crippen molar-refractivity contribution < 1.29 is 4.79 Å². The van der Waals surface area contributed by atoms with E-state index in [1.165, 1.54) is 27.5 Å². The fourth-order valence-corrected chi connectivity index (χ4v) is 5.84. The van der Waals surface area contributed by atoms with E-state index in [2.05, 4.69) is 78.4 Å². The molecule has 5 nitrogen and oxygen atoms in total. The Bertz CT molecular complexity index is 1420. The summed E-state index contributed by atoms with van der Waals surface area (Å²) in [5.74, 6) is -0.0637. The third-order valence-corrected chi connectivity index (χ3v) is 7.62. The molecule has 0 spiro atoms. The molecule has 4 aromatic carbocycles. The quantitative estimate of drug-likeness (QED) is 0.332. The summed E-state index contributed by atoms with van der Waals surface area (Å²) in [6.07, 6.45) is 0.605. The minimum absolute atomic E-state index is 0.0594. The molecule has 0 aliphatic carbocycles. The van der Waals surface area contributed by atoms with Gasteiger partial charge in [0.1, 0.15) is 6.04 Å². The van der Waals surface area contributed by atoms with Gasteiger partial charge in [0.05, 0.1) is 16.8 Å². The van der Waals surface area contributed by atoms with Crippen LogP contribution in [0.15, 0.2) is 78.9 Å². The van der Waals surface area contributed by atoms with Crippen molar-refractivity contribution in [1.82, 2.24) is 15.9 Å². The lowest BCUT2D eigenvalue weighted by atomic mass is 9.96. The number of carbonyl (C=O) groups is 1. The van der Waals surface area contributed by atoms with Crippen LogP contribution in [0.4, 0.5) is 5.69 Å². The number of benzene rings is 4.